The molecule has 138 valence electrons. The third-order valence-electron chi connectivity index (χ3n) is 4.01. The number of hydrogen-bond donors (Lipinski definition) is 1. The number of hydrogen-bond acceptors (Lipinski definition) is 3. The maximum absolute atomic E-state index is 12.5. The highest BCUT2D eigenvalue weighted by molar-refractivity contribution is 7.98. The Morgan fingerprint density at radius 1 is 0.815 bits per heavy atom. The number of carbonyl (C=O) groups excluding carboxylic acids is 1. The summed E-state index contributed by atoms with van der Waals surface area (Å²) in [5.74, 6) is 2.33. The van der Waals surface area contributed by atoms with Crippen LogP contribution in [-0.2, 0) is 12.4 Å². The molecule has 0 saturated heterocycles. The predicted octanol–water partition coefficient (Wildman–Crippen LogP) is 4.93. The van der Waals surface area contributed by atoms with Gasteiger partial charge < -0.3 is 10.1 Å². The molecule has 3 rings (SSSR count). The maximum Gasteiger partial charge on any atom is 0.255 e. The van der Waals surface area contributed by atoms with Crippen LogP contribution in [0.25, 0.3) is 0 Å². The second-order valence-corrected chi connectivity index (χ2v) is 7.17. The van der Waals surface area contributed by atoms with Gasteiger partial charge in [0.15, 0.2) is 0 Å². The number of thioether (sulfide) groups is 1. The van der Waals surface area contributed by atoms with E-state index in [1.807, 2.05) is 78.5 Å². The van der Waals surface area contributed by atoms with E-state index in [1.54, 1.807) is 6.07 Å². The van der Waals surface area contributed by atoms with Crippen molar-refractivity contribution in [3.63, 3.8) is 0 Å². The number of benzene rings is 3. The minimum Gasteiger partial charge on any atom is -0.488 e. The Morgan fingerprint density at radius 2 is 1.44 bits per heavy atom. The summed E-state index contributed by atoms with van der Waals surface area (Å²) >= 11 is 1.81. The molecule has 0 heterocycles. The van der Waals surface area contributed by atoms with Crippen LogP contribution in [0, 0.1) is 0 Å². The van der Waals surface area contributed by atoms with Crippen molar-refractivity contribution < 1.29 is 9.53 Å². The van der Waals surface area contributed by atoms with Crippen molar-refractivity contribution in [2.24, 2.45) is 0 Å². The minimum atomic E-state index is -0.0982. The van der Waals surface area contributed by atoms with Gasteiger partial charge in [-0.3, -0.25) is 4.79 Å². The van der Waals surface area contributed by atoms with Gasteiger partial charge in [-0.05, 0) is 23.3 Å². The van der Waals surface area contributed by atoms with E-state index in [-0.39, 0.29) is 5.91 Å². The van der Waals surface area contributed by atoms with Crippen molar-refractivity contribution in [1.82, 2.24) is 5.32 Å². The molecule has 0 fully saturated rings. The fourth-order valence-electron chi connectivity index (χ4n) is 2.61. The first-order chi connectivity index (χ1) is 13.3. The number of amides is 1. The van der Waals surface area contributed by atoms with E-state index in [9.17, 15) is 4.79 Å². The third kappa shape index (κ3) is 6.19. The van der Waals surface area contributed by atoms with Crippen LogP contribution in [0.1, 0.15) is 21.5 Å². The molecule has 0 aromatic heterocycles. The van der Waals surface area contributed by atoms with E-state index in [4.69, 9.17) is 4.74 Å². The lowest BCUT2D eigenvalue weighted by atomic mass is 10.2. The Bertz CT molecular complexity index is 837. The number of para-hydroxylation sites is 1. The van der Waals surface area contributed by atoms with Crippen LogP contribution in [0.3, 0.4) is 0 Å². The molecule has 1 amide bonds. The first kappa shape index (κ1) is 19.1. The van der Waals surface area contributed by atoms with Gasteiger partial charge in [0.05, 0.1) is 5.56 Å². The predicted molar refractivity (Wildman–Crippen MR) is 112 cm³/mol. The van der Waals surface area contributed by atoms with Crippen molar-refractivity contribution in [3.8, 4) is 5.75 Å². The van der Waals surface area contributed by atoms with Crippen LogP contribution in [0.4, 0.5) is 0 Å². The highest BCUT2D eigenvalue weighted by Gasteiger charge is 2.11. The average molecular weight is 378 g/mol. The summed E-state index contributed by atoms with van der Waals surface area (Å²) in [6.07, 6.45) is 0. The van der Waals surface area contributed by atoms with Gasteiger partial charge in [0, 0.05) is 18.1 Å². The van der Waals surface area contributed by atoms with Crippen molar-refractivity contribution in [2.45, 2.75) is 12.4 Å². The molecule has 3 aromatic rings. The van der Waals surface area contributed by atoms with Gasteiger partial charge in [-0.15, -0.1) is 0 Å². The zero-order chi connectivity index (χ0) is 18.7. The van der Waals surface area contributed by atoms with Crippen LogP contribution >= 0.6 is 11.8 Å². The van der Waals surface area contributed by atoms with Crippen molar-refractivity contribution >= 4 is 17.7 Å². The fraction of sp³-hybridized carbons (Fsp3) is 0.174. The highest BCUT2D eigenvalue weighted by Crippen LogP contribution is 2.19. The SMILES string of the molecule is O=C(NCCSCc1ccccc1)c1ccccc1OCc1ccccc1. The van der Waals surface area contributed by atoms with Gasteiger partial charge in [0.1, 0.15) is 12.4 Å². The zero-order valence-electron chi connectivity index (χ0n) is 15.1. The summed E-state index contributed by atoms with van der Waals surface area (Å²) in [5, 5.41) is 2.98. The molecule has 0 atom stereocenters. The van der Waals surface area contributed by atoms with Crippen LogP contribution in [0.5, 0.6) is 5.75 Å². The molecule has 0 bridgehead atoms. The van der Waals surface area contributed by atoms with Gasteiger partial charge >= 0.3 is 0 Å². The minimum absolute atomic E-state index is 0.0982. The summed E-state index contributed by atoms with van der Waals surface area (Å²) < 4.78 is 5.86. The Kier molecular flexibility index (Phi) is 7.36. The lowest BCUT2D eigenvalue weighted by molar-refractivity contribution is 0.0951. The van der Waals surface area contributed by atoms with E-state index in [0.717, 1.165) is 17.1 Å². The topological polar surface area (TPSA) is 38.3 Å². The summed E-state index contributed by atoms with van der Waals surface area (Å²) in [4.78, 5) is 12.5. The quantitative estimate of drug-likeness (QED) is 0.538. The largest absolute Gasteiger partial charge is 0.488 e. The smallest absolute Gasteiger partial charge is 0.255 e. The molecule has 27 heavy (non-hydrogen) atoms. The summed E-state index contributed by atoms with van der Waals surface area (Å²) in [6.45, 7) is 1.07. The second-order valence-electron chi connectivity index (χ2n) is 6.06. The standard InChI is InChI=1S/C23H23NO2S/c25-23(24-15-16-27-18-20-11-5-2-6-12-20)21-13-7-8-14-22(21)26-17-19-9-3-1-4-10-19/h1-14H,15-18H2,(H,24,25). The van der Waals surface area contributed by atoms with Crippen LogP contribution < -0.4 is 10.1 Å². The number of rotatable bonds is 9. The third-order valence-corrected chi connectivity index (χ3v) is 5.04. The van der Waals surface area contributed by atoms with Gasteiger partial charge in [0.2, 0.25) is 0 Å². The Hall–Kier alpha value is -2.72. The first-order valence-corrected chi connectivity index (χ1v) is 10.1. The Morgan fingerprint density at radius 3 is 2.19 bits per heavy atom. The Labute approximate surface area is 164 Å². The molecule has 0 aliphatic rings. The summed E-state index contributed by atoms with van der Waals surface area (Å²) in [6, 6.07) is 27.7. The van der Waals surface area contributed by atoms with Crippen molar-refractivity contribution in [3.05, 3.63) is 102 Å². The van der Waals surface area contributed by atoms with E-state index < -0.39 is 0 Å². The van der Waals surface area contributed by atoms with Gasteiger partial charge in [0.25, 0.3) is 5.91 Å². The molecule has 4 heteroatoms. The molecular formula is C23H23NO2S. The monoisotopic (exact) mass is 377 g/mol. The normalized spacial score (nSPS) is 10.4. The van der Waals surface area contributed by atoms with Crippen molar-refractivity contribution in [2.75, 3.05) is 12.3 Å². The van der Waals surface area contributed by atoms with Gasteiger partial charge in [-0.2, -0.15) is 11.8 Å². The van der Waals surface area contributed by atoms with Crippen LogP contribution in [0.2, 0.25) is 0 Å². The fourth-order valence-corrected chi connectivity index (χ4v) is 3.43. The molecule has 3 nitrogen and oxygen atoms in total. The molecule has 3 aromatic carbocycles. The van der Waals surface area contributed by atoms with Crippen LogP contribution in [0.15, 0.2) is 84.9 Å². The maximum atomic E-state index is 12.5. The van der Waals surface area contributed by atoms with E-state index in [1.165, 1.54) is 5.56 Å². The lowest BCUT2D eigenvalue weighted by Crippen LogP contribution is -2.26. The van der Waals surface area contributed by atoms with E-state index >= 15 is 0 Å². The van der Waals surface area contributed by atoms with Crippen LogP contribution in [-0.4, -0.2) is 18.2 Å². The molecule has 1 N–H and O–H groups in total. The summed E-state index contributed by atoms with van der Waals surface area (Å²) in [7, 11) is 0. The molecule has 0 aliphatic carbocycles. The molecule has 0 unspecified atom stereocenters. The zero-order valence-corrected chi connectivity index (χ0v) is 16.0. The van der Waals surface area contributed by atoms with Gasteiger partial charge in [-0.25, -0.2) is 0 Å². The van der Waals surface area contributed by atoms with Gasteiger partial charge in [-0.1, -0.05) is 72.8 Å². The average Bonchev–Trinajstić information content (AvgIpc) is 2.73. The molecule has 0 radical (unpaired) electrons. The highest BCUT2D eigenvalue weighted by atomic mass is 32.2. The number of carbonyl (C=O) groups is 1. The molecule has 0 aliphatic heterocycles. The Balaban J connectivity index is 1.46. The van der Waals surface area contributed by atoms with E-state index in [2.05, 4.69) is 17.4 Å². The lowest BCUT2D eigenvalue weighted by Gasteiger charge is -2.12. The number of nitrogens with one attached hydrogen (secondary N) is 1. The second kappa shape index (κ2) is 10.4. The molecule has 0 saturated carbocycles. The first-order valence-electron chi connectivity index (χ1n) is 8.98. The molecular weight excluding hydrogens is 354 g/mol. The van der Waals surface area contributed by atoms with Crippen molar-refractivity contribution in [1.29, 1.82) is 0 Å². The number of ether oxygens (including phenoxy) is 1. The molecule has 0 spiro atoms. The summed E-state index contributed by atoms with van der Waals surface area (Å²) in [5.41, 5.74) is 2.94. The van der Waals surface area contributed by atoms with E-state index in [0.29, 0.717) is 24.5 Å².